The van der Waals surface area contributed by atoms with Gasteiger partial charge in [-0.1, -0.05) is 37.6 Å². The molecule has 0 unspecified atom stereocenters. The Hall–Kier alpha value is -3.46. The van der Waals surface area contributed by atoms with Crippen molar-refractivity contribution in [2.24, 2.45) is 5.41 Å². The summed E-state index contributed by atoms with van der Waals surface area (Å²) < 4.78 is 32.5. The second-order valence-electron chi connectivity index (χ2n) is 9.29. The fraction of sp³-hybridized carbons (Fsp3) is 0.308. The summed E-state index contributed by atoms with van der Waals surface area (Å²) in [7, 11) is 1.57. The lowest BCUT2D eigenvalue weighted by atomic mass is 9.88. The van der Waals surface area contributed by atoms with Crippen LogP contribution >= 0.6 is 11.6 Å². The molecule has 1 heterocycles. The molecule has 7 nitrogen and oxygen atoms in total. The number of rotatable bonds is 8. The molecule has 3 amide bonds. The summed E-state index contributed by atoms with van der Waals surface area (Å²) in [6, 6.07) is 9.19. The molecule has 0 aliphatic heterocycles. The minimum atomic E-state index is -0.773. The molecule has 1 aromatic heterocycles. The Morgan fingerprint density at radius 2 is 1.94 bits per heavy atom. The Labute approximate surface area is 213 Å². The lowest BCUT2D eigenvalue weighted by Gasteiger charge is -2.32. The van der Waals surface area contributed by atoms with E-state index in [0.29, 0.717) is 17.4 Å². The molecule has 0 saturated carbocycles. The number of nitrogens with zero attached hydrogens (tertiary/aromatic N) is 2. The van der Waals surface area contributed by atoms with Crippen LogP contribution in [-0.4, -0.2) is 41.7 Å². The molecule has 3 aromatic rings. The number of carbonyl (C=O) groups excluding carboxylic acids is 2. The third kappa shape index (κ3) is 7.52. The van der Waals surface area contributed by atoms with Crippen LogP contribution in [0.2, 0.25) is 5.02 Å². The van der Waals surface area contributed by atoms with E-state index in [4.69, 9.17) is 16.3 Å². The summed E-state index contributed by atoms with van der Waals surface area (Å²) in [5, 5.41) is 6.46. The number of ether oxygens (including phenoxy) is 1. The molecule has 191 valence electrons. The minimum Gasteiger partial charge on any atom is -0.447 e. The van der Waals surface area contributed by atoms with E-state index in [0.717, 1.165) is 5.39 Å². The molecular weight excluding hydrogens is 490 g/mol. The number of aromatic nitrogens is 1. The van der Waals surface area contributed by atoms with Crippen LogP contribution in [0.15, 0.2) is 48.7 Å². The number of nitrogens with one attached hydrogen (secondary N) is 2. The number of amides is 3. The van der Waals surface area contributed by atoms with Crippen LogP contribution in [0.1, 0.15) is 25.8 Å². The highest BCUT2D eigenvalue weighted by Crippen LogP contribution is 2.24. The normalized spacial score (nSPS) is 12.2. The van der Waals surface area contributed by atoms with Gasteiger partial charge in [0.05, 0.1) is 11.1 Å². The quantitative estimate of drug-likeness (QED) is 0.374. The molecule has 0 saturated heterocycles. The molecule has 2 aromatic carbocycles. The number of halogens is 3. The molecular formula is C26H28ClF2N4O3. The average Bonchev–Trinajstić information content (AvgIpc) is 2.81. The van der Waals surface area contributed by atoms with Crippen LogP contribution in [0, 0.1) is 24.0 Å². The lowest BCUT2D eigenvalue weighted by molar-refractivity contribution is 0.102. The van der Waals surface area contributed by atoms with Crippen LogP contribution < -0.4 is 10.6 Å². The van der Waals surface area contributed by atoms with Gasteiger partial charge in [-0.3, -0.25) is 5.32 Å². The number of carbonyl (C=O) groups is 2. The minimum absolute atomic E-state index is 0.0236. The zero-order valence-electron chi connectivity index (χ0n) is 20.3. The third-order valence-corrected chi connectivity index (χ3v) is 5.86. The summed E-state index contributed by atoms with van der Waals surface area (Å²) >= 11 is 5.96. The Balaban J connectivity index is 1.62. The Kier molecular flexibility index (Phi) is 8.68. The Morgan fingerprint density at radius 3 is 2.67 bits per heavy atom. The molecule has 0 aliphatic carbocycles. The van der Waals surface area contributed by atoms with E-state index >= 15 is 0 Å². The summed E-state index contributed by atoms with van der Waals surface area (Å²) in [4.78, 5) is 30.8. The third-order valence-electron chi connectivity index (χ3n) is 5.44. The Bertz CT molecular complexity index is 1250. The standard InChI is InChI=1S/C26H28ClF2N4O3/c1-26(2,3)12-20(33(4)24(34)31-14-17-6-5-7-21(29)23(17)27)15-36-25(35)32-22-11-18-10-19(28)9-8-16(18)13-30-22/h5-11,13,20H,1,12,14-15H2,2-4H3,(H,31,34)(H,30,32,35)/t20-/m0/s1. The predicted molar refractivity (Wildman–Crippen MR) is 136 cm³/mol. The summed E-state index contributed by atoms with van der Waals surface area (Å²) in [5.41, 5.74) is 0.0142. The van der Waals surface area contributed by atoms with Gasteiger partial charge in [-0.15, -0.1) is 0 Å². The van der Waals surface area contributed by atoms with Crippen molar-refractivity contribution in [3.8, 4) is 0 Å². The summed E-state index contributed by atoms with van der Waals surface area (Å²) in [5.74, 6) is -0.772. The van der Waals surface area contributed by atoms with Crippen molar-refractivity contribution in [2.45, 2.75) is 32.9 Å². The van der Waals surface area contributed by atoms with Gasteiger partial charge in [-0.25, -0.2) is 23.4 Å². The first kappa shape index (κ1) is 27.1. The van der Waals surface area contributed by atoms with Gasteiger partial charge in [0, 0.05) is 25.2 Å². The number of hydrogen-bond acceptors (Lipinski definition) is 4. The molecule has 1 atom stereocenters. The number of hydrogen-bond donors (Lipinski definition) is 2. The van der Waals surface area contributed by atoms with Gasteiger partial charge in [-0.2, -0.15) is 0 Å². The first-order chi connectivity index (χ1) is 16.9. The highest BCUT2D eigenvalue weighted by Gasteiger charge is 2.27. The van der Waals surface area contributed by atoms with Crippen molar-refractivity contribution < 1.29 is 23.1 Å². The van der Waals surface area contributed by atoms with Gasteiger partial charge in [0.25, 0.3) is 0 Å². The van der Waals surface area contributed by atoms with Gasteiger partial charge in [0.2, 0.25) is 0 Å². The maximum atomic E-state index is 13.7. The molecule has 0 fully saturated rings. The zero-order valence-corrected chi connectivity index (χ0v) is 21.0. The molecule has 3 rings (SSSR count). The van der Waals surface area contributed by atoms with Gasteiger partial charge in [0.15, 0.2) is 0 Å². The summed E-state index contributed by atoms with van der Waals surface area (Å²) in [6.45, 7) is 7.79. The van der Waals surface area contributed by atoms with Crippen molar-refractivity contribution >= 4 is 40.3 Å². The van der Waals surface area contributed by atoms with Crippen molar-refractivity contribution in [3.05, 3.63) is 77.8 Å². The van der Waals surface area contributed by atoms with Crippen molar-refractivity contribution in [1.82, 2.24) is 15.2 Å². The number of fused-ring (bicyclic) bond motifs is 1. The second kappa shape index (κ2) is 11.5. The summed E-state index contributed by atoms with van der Waals surface area (Å²) in [6.07, 6.45) is 1.17. The maximum absolute atomic E-state index is 13.7. The maximum Gasteiger partial charge on any atom is 0.412 e. The van der Waals surface area contributed by atoms with Crippen LogP contribution in [0.3, 0.4) is 0 Å². The topological polar surface area (TPSA) is 83.6 Å². The average molecular weight is 518 g/mol. The molecule has 2 N–H and O–H groups in total. The van der Waals surface area contributed by atoms with Crippen LogP contribution in [-0.2, 0) is 11.3 Å². The van der Waals surface area contributed by atoms with Crippen LogP contribution in [0.25, 0.3) is 10.8 Å². The van der Waals surface area contributed by atoms with Crippen molar-refractivity contribution in [2.75, 3.05) is 19.0 Å². The van der Waals surface area contributed by atoms with Crippen molar-refractivity contribution in [1.29, 1.82) is 0 Å². The van der Waals surface area contributed by atoms with E-state index in [2.05, 4.69) is 22.5 Å². The number of pyridine rings is 1. The lowest BCUT2D eigenvalue weighted by Crippen LogP contribution is -2.47. The number of anilines is 1. The highest BCUT2D eigenvalue weighted by atomic mass is 35.5. The second-order valence-corrected chi connectivity index (χ2v) is 9.67. The van der Waals surface area contributed by atoms with E-state index in [-0.39, 0.29) is 24.0 Å². The first-order valence-corrected chi connectivity index (χ1v) is 11.6. The van der Waals surface area contributed by atoms with Crippen LogP contribution in [0.4, 0.5) is 24.2 Å². The van der Waals surface area contributed by atoms with E-state index in [9.17, 15) is 18.4 Å². The number of benzene rings is 2. The molecule has 0 aliphatic rings. The zero-order chi connectivity index (χ0) is 26.5. The number of urea groups is 1. The SMILES string of the molecule is [CH2]C(C)(C)C[C@@H](COC(=O)Nc1cc2cc(F)ccc2cn1)N(C)C(=O)NCc1cccc(F)c1Cl. The van der Waals surface area contributed by atoms with E-state index in [1.165, 1.54) is 41.4 Å². The molecule has 36 heavy (non-hydrogen) atoms. The number of likely N-dealkylation sites (N-methyl/N-ethyl adjacent to an activating group) is 1. The largest absolute Gasteiger partial charge is 0.447 e. The van der Waals surface area contributed by atoms with Gasteiger partial charge in [-0.05, 0) is 60.0 Å². The van der Waals surface area contributed by atoms with E-state index < -0.39 is 35.2 Å². The van der Waals surface area contributed by atoms with Gasteiger partial charge < -0.3 is 15.0 Å². The fourth-order valence-electron chi connectivity index (χ4n) is 3.58. The first-order valence-electron chi connectivity index (χ1n) is 11.2. The highest BCUT2D eigenvalue weighted by molar-refractivity contribution is 6.31. The molecule has 1 radical (unpaired) electrons. The van der Waals surface area contributed by atoms with E-state index in [1.807, 2.05) is 13.8 Å². The monoisotopic (exact) mass is 517 g/mol. The fourth-order valence-corrected chi connectivity index (χ4v) is 3.78. The van der Waals surface area contributed by atoms with E-state index in [1.54, 1.807) is 19.2 Å². The molecule has 10 heteroatoms. The van der Waals surface area contributed by atoms with Crippen LogP contribution in [0.5, 0.6) is 0 Å². The van der Waals surface area contributed by atoms with Gasteiger partial charge in [0.1, 0.15) is 24.1 Å². The van der Waals surface area contributed by atoms with Crippen molar-refractivity contribution in [3.63, 3.8) is 0 Å². The predicted octanol–water partition coefficient (Wildman–Crippen LogP) is 6.18. The van der Waals surface area contributed by atoms with Gasteiger partial charge >= 0.3 is 12.1 Å². The smallest absolute Gasteiger partial charge is 0.412 e. The molecule has 0 spiro atoms. The Morgan fingerprint density at radius 1 is 1.19 bits per heavy atom. The molecule has 0 bridgehead atoms.